The zero-order valence-electron chi connectivity index (χ0n) is 18.9. The summed E-state index contributed by atoms with van der Waals surface area (Å²) in [4.78, 5) is 10.3. The Kier molecular flexibility index (Phi) is 9.47. The fourth-order valence-electron chi connectivity index (χ4n) is 4.67. The van der Waals surface area contributed by atoms with Gasteiger partial charge in [-0.05, 0) is 49.7 Å². The molecule has 2 fully saturated rings. The first-order valence-corrected chi connectivity index (χ1v) is 11.5. The molecule has 172 valence electrons. The van der Waals surface area contributed by atoms with Crippen LogP contribution in [0.1, 0.15) is 43.7 Å². The summed E-state index contributed by atoms with van der Waals surface area (Å²) in [5, 5.41) is 4.91. The van der Waals surface area contributed by atoms with Crippen molar-refractivity contribution in [2.24, 2.45) is 4.99 Å². The number of benzene rings is 1. The van der Waals surface area contributed by atoms with Crippen LogP contribution in [0.5, 0.6) is 0 Å². The minimum Gasteiger partial charge on any atom is -0.376 e. The van der Waals surface area contributed by atoms with Gasteiger partial charge < -0.3 is 24.7 Å². The molecule has 0 radical (unpaired) electrons. The zero-order valence-corrected chi connectivity index (χ0v) is 21.2. The number of nitrogens with zero attached hydrogens (tertiary/aromatic N) is 2. The van der Waals surface area contributed by atoms with Crippen molar-refractivity contribution in [1.82, 2.24) is 15.2 Å². The van der Waals surface area contributed by atoms with Crippen molar-refractivity contribution >= 4 is 40.8 Å². The molecule has 6 nitrogen and oxygen atoms in total. The maximum atomic E-state index is 6.10. The Bertz CT molecular complexity index is 839. The third-order valence-electron chi connectivity index (χ3n) is 6.44. The Hall–Kier alpha value is -1.32. The van der Waals surface area contributed by atoms with Crippen molar-refractivity contribution in [3.05, 3.63) is 35.5 Å². The summed E-state index contributed by atoms with van der Waals surface area (Å²) in [7, 11) is 1.88. The largest absolute Gasteiger partial charge is 0.376 e. The summed E-state index contributed by atoms with van der Waals surface area (Å²) in [5.41, 5.74) is 4.03. The number of ether oxygens (including phenoxy) is 2. The molecule has 2 aromatic rings. The van der Waals surface area contributed by atoms with Crippen LogP contribution in [0.25, 0.3) is 10.9 Å². The minimum absolute atomic E-state index is 0. The molecule has 2 saturated heterocycles. The molecular weight excluding hydrogens is 503 g/mol. The maximum absolute atomic E-state index is 6.10. The molecule has 0 amide bonds. The number of rotatable bonds is 7. The van der Waals surface area contributed by atoms with Crippen LogP contribution < -0.4 is 5.32 Å². The molecule has 0 spiro atoms. The van der Waals surface area contributed by atoms with Crippen LogP contribution in [0.2, 0.25) is 0 Å². The van der Waals surface area contributed by atoms with Gasteiger partial charge in [0.2, 0.25) is 0 Å². The summed E-state index contributed by atoms with van der Waals surface area (Å²) in [6.45, 7) is 6.71. The van der Waals surface area contributed by atoms with Gasteiger partial charge in [0, 0.05) is 50.4 Å². The molecule has 31 heavy (non-hydrogen) atoms. The number of halogens is 1. The van der Waals surface area contributed by atoms with E-state index in [1.807, 2.05) is 7.05 Å². The molecule has 2 aliphatic rings. The molecule has 4 rings (SSSR count). The molecule has 0 aliphatic carbocycles. The highest BCUT2D eigenvalue weighted by molar-refractivity contribution is 14.0. The van der Waals surface area contributed by atoms with Crippen molar-refractivity contribution in [1.29, 1.82) is 0 Å². The van der Waals surface area contributed by atoms with Crippen molar-refractivity contribution in [3.8, 4) is 0 Å². The van der Waals surface area contributed by atoms with Gasteiger partial charge in [-0.1, -0.05) is 25.1 Å². The summed E-state index contributed by atoms with van der Waals surface area (Å²) < 4.78 is 11.8. The van der Waals surface area contributed by atoms with E-state index >= 15 is 0 Å². The monoisotopic (exact) mass is 540 g/mol. The van der Waals surface area contributed by atoms with Crippen LogP contribution in [-0.2, 0) is 22.3 Å². The van der Waals surface area contributed by atoms with E-state index in [1.54, 1.807) is 0 Å². The van der Waals surface area contributed by atoms with Crippen molar-refractivity contribution < 1.29 is 9.47 Å². The normalized spacial score (nSPS) is 20.3. The van der Waals surface area contributed by atoms with Crippen molar-refractivity contribution in [2.45, 2.75) is 57.7 Å². The molecule has 1 aromatic carbocycles. The van der Waals surface area contributed by atoms with E-state index in [0.29, 0.717) is 12.2 Å². The van der Waals surface area contributed by atoms with Gasteiger partial charge in [-0.25, -0.2) is 0 Å². The van der Waals surface area contributed by atoms with Crippen LogP contribution in [0.4, 0.5) is 0 Å². The Labute approximate surface area is 203 Å². The summed E-state index contributed by atoms with van der Waals surface area (Å²) in [6.07, 6.45) is 9.27. The molecule has 1 atom stereocenters. The number of para-hydroxylation sites is 1. The number of hydrogen-bond acceptors (Lipinski definition) is 3. The maximum Gasteiger partial charge on any atom is 0.193 e. The fraction of sp³-hybridized carbons (Fsp3) is 0.625. The lowest BCUT2D eigenvalue weighted by Gasteiger charge is -2.34. The average molecular weight is 540 g/mol. The Morgan fingerprint density at radius 2 is 2.10 bits per heavy atom. The van der Waals surface area contributed by atoms with E-state index in [2.05, 4.69) is 51.5 Å². The predicted molar refractivity (Wildman–Crippen MR) is 138 cm³/mol. The van der Waals surface area contributed by atoms with Gasteiger partial charge in [0.15, 0.2) is 5.96 Å². The topological polar surface area (TPSA) is 61.9 Å². The standard InChI is InChI=1S/C24H36N4O2.HI/c1-3-18-6-4-8-22-19(16-27-23(18)22)9-12-26-24(25-2)28-13-10-20(11-14-28)30-17-21-7-5-15-29-21;/h4,6,8,16,20-21,27H,3,5,7,9-15,17H2,1-2H3,(H,25,26);1H. The Morgan fingerprint density at radius 1 is 1.26 bits per heavy atom. The first-order chi connectivity index (χ1) is 14.8. The van der Waals surface area contributed by atoms with Crippen LogP contribution in [0.3, 0.4) is 0 Å². The molecular formula is C24H37IN4O2. The second kappa shape index (κ2) is 12.1. The van der Waals surface area contributed by atoms with E-state index in [1.165, 1.54) is 28.5 Å². The highest BCUT2D eigenvalue weighted by Crippen LogP contribution is 2.22. The molecule has 3 heterocycles. The summed E-state index contributed by atoms with van der Waals surface area (Å²) in [5.74, 6) is 1.00. The second-order valence-electron chi connectivity index (χ2n) is 8.39. The smallest absolute Gasteiger partial charge is 0.193 e. The van der Waals surface area contributed by atoms with Gasteiger partial charge in [0.1, 0.15) is 0 Å². The fourth-order valence-corrected chi connectivity index (χ4v) is 4.67. The number of aromatic nitrogens is 1. The molecule has 1 unspecified atom stereocenters. The number of hydrogen-bond donors (Lipinski definition) is 2. The first kappa shape index (κ1) is 24.3. The third kappa shape index (κ3) is 6.14. The van der Waals surface area contributed by atoms with Crippen LogP contribution in [0, 0.1) is 0 Å². The molecule has 1 aromatic heterocycles. The first-order valence-electron chi connectivity index (χ1n) is 11.5. The second-order valence-corrected chi connectivity index (χ2v) is 8.39. The van der Waals surface area contributed by atoms with Gasteiger partial charge in [0.05, 0.1) is 18.8 Å². The molecule has 0 bridgehead atoms. The van der Waals surface area contributed by atoms with E-state index in [0.717, 1.165) is 70.9 Å². The van der Waals surface area contributed by atoms with Crippen molar-refractivity contribution in [3.63, 3.8) is 0 Å². The minimum atomic E-state index is 0. The number of aromatic amines is 1. The number of piperidine rings is 1. The van der Waals surface area contributed by atoms with Gasteiger partial charge in [0.25, 0.3) is 0 Å². The number of aliphatic imine (C=N–C) groups is 1. The van der Waals surface area contributed by atoms with Crippen LogP contribution in [0.15, 0.2) is 29.4 Å². The van der Waals surface area contributed by atoms with Gasteiger partial charge in [-0.2, -0.15) is 0 Å². The molecule has 0 saturated carbocycles. The SMILES string of the molecule is CCc1cccc2c(CCNC(=NC)N3CCC(OCC4CCCO4)CC3)c[nH]c12.I. The average Bonchev–Trinajstić information content (AvgIpc) is 3.46. The number of guanidine groups is 1. The lowest BCUT2D eigenvalue weighted by atomic mass is 10.1. The van der Waals surface area contributed by atoms with E-state index in [4.69, 9.17) is 9.47 Å². The number of likely N-dealkylation sites (tertiary alicyclic amines) is 1. The highest BCUT2D eigenvalue weighted by Gasteiger charge is 2.24. The van der Waals surface area contributed by atoms with E-state index < -0.39 is 0 Å². The summed E-state index contributed by atoms with van der Waals surface area (Å²) >= 11 is 0. The van der Waals surface area contributed by atoms with Crippen molar-refractivity contribution in [2.75, 3.05) is 39.9 Å². The van der Waals surface area contributed by atoms with Gasteiger partial charge in [-0.15, -0.1) is 24.0 Å². The number of fused-ring (bicyclic) bond motifs is 1. The zero-order chi connectivity index (χ0) is 20.8. The van der Waals surface area contributed by atoms with Gasteiger partial charge >= 0.3 is 0 Å². The van der Waals surface area contributed by atoms with E-state index in [-0.39, 0.29) is 24.0 Å². The van der Waals surface area contributed by atoms with Gasteiger partial charge in [-0.3, -0.25) is 4.99 Å². The Balaban J connectivity index is 0.00000272. The number of H-pyrrole nitrogens is 1. The van der Waals surface area contributed by atoms with E-state index in [9.17, 15) is 0 Å². The quantitative estimate of drug-likeness (QED) is 0.315. The molecule has 2 N–H and O–H groups in total. The Morgan fingerprint density at radius 3 is 2.81 bits per heavy atom. The number of aryl methyl sites for hydroxylation is 1. The predicted octanol–water partition coefficient (Wildman–Crippen LogP) is 4.13. The lowest BCUT2D eigenvalue weighted by molar-refractivity contribution is -0.0367. The number of nitrogens with one attached hydrogen (secondary N) is 2. The van der Waals surface area contributed by atoms with Crippen LogP contribution in [-0.4, -0.2) is 67.9 Å². The molecule has 7 heteroatoms. The molecule has 2 aliphatic heterocycles. The third-order valence-corrected chi connectivity index (χ3v) is 6.44. The summed E-state index contributed by atoms with van der Waals surface area (Å²) in [6, 6.07) is 6.59. The highest BCUT2D eigenvalue weighted by atomic mass is 127. The van der Waals surface area contributed by atoms with Crippen LogP contribution >= 0.6 is 24.0 Å². The lowest BCUT2D eigenvalue weighted by Crippen LogP contribution is -2.47.